The molecule has 150 valence electrons. The molecule has 27 heavy (non-hydrogen) atoms. The number of amides is 2. The molecule has 0 bridgehead atoms. The minimum absolute atomic E-state index is 0.215. The van der Waals surface area contributed by atoms with Gasteiger partial charge >= 0.3 is 12.0 Å². The standard InChI is InChI=1S/C20H33N5O2/c1-4-24(5-2)19(26)25-12-8-20(9-13-25)6-10-23(11-7-20)16-17-14-21-18(27-3)22-15-17/h14-15H,4-13,16H2,1-3H3. The predicted octanol–water partition coefficient (Wildman–Crippen LogP) is 2.63. The Balaban J connectivity index is 1.47. The lowest BCUT2D eigenvalue weighted by molar-refractivity contribution is 0.0371. The van der Waals surface area contributed by atoms with Crippen LogP contribution in [0.3, 0.4) is 0 Å². The lowest BCUT2D eigenvalue weighted by Gasteiger charge is -2.47. The van der Waals surface area contributed by atoms with Crippen molar-refractivity contribution in [1.29, 1.82) is 0 Å². The summed E-state index contributed by atoms with van der Waals surface area (Å²) in [4.78, 5) is 27.4. The van der Waals surface area contributed by atoms with Gasteiger partial charge in [-0.15, -0.1) is 0 Å². The quantitative estimate of drug-likeness (QED) is 0.792. The molecule has 2 aliphatic rings. The third-order valence-corrected chi connectivity index (χ3v) is 6.32. The molecule has 0 saturated carbocycles. The van der Waals surface area contributed by atoms with Gasteiger partial charge < -0.3 is 14.5 Å². The van der Waals surface area contributed by atoms with Gasteiger partial charge in [-0.1, -0.05) is 0 Å². The van der Waals surface area contributed by atoms with Gasteiger partial charge in [0, 0.05) is 50.7 Å². The van der Waals surface area contributed by atoms with Gasteiger partial charge in [0.2, 0.25) is 0 Å². The molecule has 2 amide bonds. The van der Waals surface area contributed by atoms with Crippen LogP contribution in [0.2, 0.25) is 0 Å². The van der Waals surface area contributed by atoms with E-state index in [9.17, 15) is 4.79 Å². The van der Waals surface area contributed by atoms with Gasteiger partial charge in [-0.3, -0.25) is 4.90 Å². The zero-order valence-corrected chi connectivity index (χ0v) is 17.0. The van der Waals surface area contributed by atoms with E-state index in [2.05, 4.69) is 33.6 Å². The molecule has 0 atom stereocenters. The van der Waals surface area contributed by atoms with Crippen LogP contribution >= 0.6 is 0 Å². The number of likely N-dealkylation sites (tertiary alicyclic amines) is 2. The molecule has 1 aromatic heterocycles. The molecule has 1 aromatic rings. The molecule has 0 aromatic carbocycles. The number of ether oxygens (including phenoxy) is 1. The highest BCUT2D eigenvalue weighted by Gasteiger charge is 2.38. The van der Waals surface area contributed by atoms with E-state index in [1.165, 1.54) is 12.8 Å². The van der Waals surface area contributed by atoms with Crippen molar-refractivity contribution < 1.29 is 9.53 Å². The second-order valence-corrected chi connectivity index (χ2v) is 7.80. The van der Waals surface area contributed by atoms with Crippen LogP contribution in [0.25, 0.3) is 0 Å². The zero-order chi connectivity index (χ0) is 19.3. The summed E-state index contributed by atoms with van der Waals surface area (Å²) in [6.45, 7) is 10.6. The summed E-state index contributed by atoms with van der Waals surface area (Å²) in [5, 5.41) is 0. The first-order chi connectivity index (χ1) is 13.1. The largest absolute Gasteiger partial charge is 0.467 e. The summed E-state index contributed by atoms with van der Waals surface area (Å²) in [6.07, 6.45) is 8.43. The van der Waals surface area contributed by atoms with E-state index in [1.807, 2.05) is 17.3 Å². The highest BCUT2D eigenvalue weighted by atomic mass is 16.5. The molecule has 3 rings (SSSR count). The van der Waals surface area contributed by atoms with Crippen LogP contribution < -0.4 is 4.74 Å². The monoisotopic (exact) mass is 375 g/mol. The number of carbonyl (C=O) groups excluding carboxylic acids is 1. The second kappa shape index (κ2) is 8.87. The van der Waals surface area contributed by atoms with Crippen LogP contribution in [0.15, 0.2) is 12.4 Å². The summed E-state index contributed by atoms with van der Waals surface area (Å²) in [6, 6.07) is 0.633. The number of hydrogen-bond acceptors (Lipinski definition) is 5. The van der Waals surface area contributed by atoms with Crippen LogP contribution in [-0.2, 0) is 6.54 Å². The van der Waals surface area contributed by atoms with Gasteiger partial charge in [0.05, 0.1) is 7.11 Å². The Morgan fingerprint density at radius 1 is 1.07 bits per heavy atom. The van der Waals surface area contributed by atoms with E-state index >= 15 is 0 Å². The Morgan fingerprint density at radius 3 is 2.15 bits per heavy atom. The number of aromatic nitrogens is 2. The molecule has 3 heterocycles. The third-order valence-electron chi connectivity index (χ3n) is 6.32. The maximum Gasteiger partial charge on any atom is 0.319 e. The molecule has 0 unspecified atom stereocenters. The van der Waals surface area contributed by atoms with Gasteiger partial charge in [-0.05, 0) is 58.0 Å². The Bertz CT molecular complexity index is 599. The predicted molar refractivity (Wildman–Crippen MR) is 105 cm³/mol. The number of hydrogen-bond donors (Lipinski definition) is 0. The second-order valence-electron chi connectivity index (χ2n) is 7.80. The summed E-state index contributed by atoms with van der Waals surface area (Å²) in [5.74, 6) is 0. The molecular formula is C20H33N5O2. The number of methoxy groups -OCH3 is 1. The molecular weight excluding hydrogens is 342 g/mol. The summed E-state index contributed by atoms with van der Waals surface area (Å²) >= 11 is 0. The molecule has 0 N–H and O–H groups in total. The van der Waals surface area contributed by atoms with Crippen molar-refractivity contribution in [1.82, 2.24) is 24.7 Å². The van der Waals surface area contributed by atoms with E-state index in [4.69, 9.17) is 4.74 Å². The number of urea groups is 1. The highest BCUT2D eigenvalue weighted by Crippen LogP contribution is 2.41. The topological polar surface area (TPSA) is 61.8 Å². The van der Waals surface area contributed by atoms with Crippen molar-refractivity contribution in [3.63, 3.8) is 0 Å². The number of piperidine rings is 2. The smallest absolute Gasteiger partial charge is 0.319 e. The first-order valence-electron chi connectivity index (χ1n) is 10.2. The lowest BCUT2D eigenvalue weighted by Crippen LogP contribution is -2.51. The summed E-state index contributed by atoms with van der Waals surface area (Å²) in [5.41, 5.74) is 1.55. The van der Waals surface area contributed by atoms with Gasteiger partial charge in [-0.25, -0.2) is 14.8 Å². The molecule has 7 nitrogen and oxygen atoms in total. The average molecular weight is 376 g/mol. The highest BCUT2D eigenvalue weighted by molar-refractivity contribution is 5.74. The number of nitrogens with zero attached hydrogens (tertiary/aromatic N) is 5. The van der Waals surface area contributed by atoms with Crippen LogP contribution in [0.5, 0.6) is 6.01 Å². The fraction of sp³-hybridized carbons (Fsp3) is 0.750. The number of rotatable bonds is 5. The van der Waals surface area contributed by atoms with Gasteiger partial charge in [0.25, 0.3) is 0 Å². The Morgan fingerprint density at radius 2 is 1.63 bits per heavy atom. The summed E-state index contributed by atoms with van der Waals surface area (Å²) < 4.78 is 5.02. The lowest BCUT2D eigenvalue weighted by atomic mass is 9.71. The van der Waals surface area contributed by atoms with E-state index in [1.54, 1.807) is 7.11 Å². The van der Waals surface area contributed by atoms with Crippen LogP contribution in [0.4, 0.5) is 4.79 Å². The Labute approximate surface area is 162 Å². The van der Waals surface area contributed by atoms with Crippen molar-refractivity contribution in [2.45, 2.75) is 46.1 Å². The van der Waals surface area contributed by atoms with Crippen LogP contribution in [-0.4, -0.2) is 77.1 Å². The molecule has 2 fully saturated rings. The van der Waals surface area contributed by atoms with Crippen molar-refractivity contribution in [3.05, 3.63) is 18.0 Å². The normalized spacial score (nSPS) is 19.9. The Kier molecular flexibility index (Phi) is 6.52. The molecule has 1 spiro atoms. The first-order valence-corrected chi connectivity index (χ1v) is 10.2. The van der Waals surface area contributed by atoms with E-state index in [-0.39, 0.29) is 6.03 Å². The van der Waals surface area contributed by atoms with Crippen LogP contribution in [0.1, 0.15) is 45.1 Å². The average Bonchev–Trinajstić information content (AvgIpc) is 2.72. The van der Waals surface area contributed by atoms with Crippen molar-refractivity contribution in [3.8, 4) is 6.01 Å². The fourth-order valence-corrected chi connectivity index (χ4v) is 4.34. The minimum atomic E-state index is 0.215. The van der Waals surface area contributed by atoms with E-state index < -0.39 is 0 Å². The molecule has 0 aliphatic carbocycles. The fourth-order valence-electron chi connectivity index (χ4n) is 4.34. The van der Waals surface area contributed by atoms with Gasteiger partial charge in [0.15, 0.2) is 0 Å². The summed E-state index contributed by atoms with van der Waals surface area (Å²) in [7, 11) is 1.58. The molecule has 2 saturated heterocycles. The third kappa shape index (κ3) is 4.69. The van der Waals surface area contributed by atoms with Crippen molar-refractivity contribution >= 4 is 6.03 Å². The first kappa shape index (κ1) is 19.9. The van der Waals surface area contributed by atoms with Crippen molar-refractivity contribution in [2.24, 2.45) is 5.41 Å². The zero-order valence-electron chi connectivity index (χ0n) is 17.0. The Hall–Kier alpha value is -1.89. The molecule has 2 aliphatic heterocycles. The van der Waals surface area contributed by atoms with Crippen molar-refractivity contribution in [2.75, 3.05) is 46.4 Å². The van der Waals surface area contributed by atoms with Gasteiger partial charge in [0.1, 0.15) is 0 Å². The maximum absolute atomic E-state index is 12.6. The minimum Gasteiger partial charge on any atom is -0.467 e. The number of carbonyl (C=O) groups is 1. The maximum atomic E-state index is 12.6. The van der Waals surface area contributed by atoms with E-state index in [0.29, 0.717) is 11.4 Å². The van der Waals surface area contributed by atoms with E-state index in [0.717, 1.165) is 64.2 Å². The van der Waals surface area contributed by atoms with Gasteiger partial charge in [-0.2, -0.15) is 0 Å². The molecule has 7 heteroatoms. The SMILES string of the molecule is CCN(CC)C(=O)N1CCC2(CCN(Cc3cnc(OC)nc3)CC2)CC1. The van der Waals surface area contributed by atoms with Crippen LogP contribution in [0, 0.1) is 5.41 Å². The molecule has 0 radical (unpaired) electrons.